The van der Waals surface area contributed by atoms with E-state index in [9.17, 15) is 9.59 Å². The van der Waals surface area contributed by atoms with Gasteiger partial charge in [-0.15, -0.1) is 0 Å². The first kappa shape index (κ1) is 18.1. The molecule has 1 N–H and O–H groups in total. The van der Waals surface area contributed by atoms with Crippen LogP contribution in [0.15, 0.2) is 42.7 Å². The first-order valence-corrected chi connectivity index (χ1v) is 8.80. The molecule has 138 valence electrons. The molecule has 1 fully saturated rings. The van der Waals surface area contributed by atoms with Crippen LogP contribution in [0, 0.1) is 0 Å². The van der Waals surface area contributed by atoms with Gasteiger partial charge in [0.25, 0.3) is 0 Å². The lowest BCUT2D eigenvalue weighted by Gasteiger charge is -2.32. The van der Waals surface area contributed by atoms with Gasteiger partial charge >= 0.3 is 0 Å². The summed E-state index contributed by atoms with van der Waals surface area (Å²) in [5, 5.41) is 2.82. The van der Waals surface area contributed by atoms with E-state index in [1.165, 1.54) is 5.56 Å². The molecule has 0 aliphatic carbocycles. The molecule has 0 radical (unpaired) electrons. The SMILES string of the molecule is CN(Cc1nccn1Cc1ccccc1)C(=O)CC1C(=O)NCCN1C. The number of imidazole rings is 1. The van der Waals surface area contributed by atoms with Gasteiger partial charge in [-0.2, -0.15) is 0 Å². The molecule has 0 saturated carbocycles. The van der Waals surface area contributed by atoms with Gasteiger partial charge in [0, 0.05) is 39.1 Å². The van der Waals surface area contributed by atoms with Crippen LogP contribution >= 0.6 is 0 Å². The van der Waals surface area contributed by atoms with Crippen LogP contribution in [0.5, 0.6) is 0 Å². The zero-order valence-corrected chi connectivity index (χ0v) is 15.3. The van der Waals surface area contributed by atoms with Crippen molar-refractivity contribution < 1.29 is 9.59 Å². The van der Waals surface area contributed by atoms with Crippen LogP contribution in [-0.2, 0) is 22.7 Å². The number of aromatic nitrogens is 2. The fourth-order valence-corrected chi connectivity index (χ4v) is 3.12. The van der Waals surface area contributed by atoms with Crippen LogP contribution in [-0.4, -0.2) is 64.4 Å². The zero-order valence-electron chi connectivity index (χ0n) is 15.3. The summed E-state index contributed by atoms with van der Waals surface area (Å²) >= 11 is 0. The van der Waals surface area contributed by atoms with Gasteiger partial charge < -0.3 is 14.8 Å². The minimum atomic E-state index is -0.400. The van der Waals surface area contributed by atoms with Crippen LogP contribution in [0.4, 0.5) is 0 Å². The summed E-state index contributed by atoms with van der Waals surface area (Å²) in [6.07, 6.45) is 3.85. The van der Waals surface area contributed by atoms with Gasteiger partial charge in [0.2, 0.25) is 11.8 Å². The molecule has 1 saturated heterocycles. The minimum Gasteiger partial charge on any atom is -0.353 e. The van der Waals surface area contributed by atoms with Crippen LogP contribution < -0.4 is 5.32 Å². The van der Waals surface area contributed by atoms with Crippen molar-refractivity contribution in [3.8, 4) is 0 Å². The molecule has 2 aromatic rings. The van der Waals surface area contributed by atoms with E-state index in [2.05, 4.69) is 22.4 Å². The van der Waals surface area contributed by atoms with Gasteiger partial charge in [-0.05, 0) is 12.6 Å². The third-order valence-corrected chi connectivity index (χ3v) is 4.77. The Bertz CT molecular complexity index is 758. The highest BCUT2D eigenvalue weighted by Crippen LogP contribution is 2.11. The number of carbonyl (C=O) groups excluding carboxylic acids is 2. The molecule has 26 heavy (non-hydrogen) atoms. The van der Waals surface area contributed by atoms with Gasteiger partial charge in [-0.3, -0.25) is 14.5 Å². The lowest BCUT2D eigenvalue weighted by Crippen LogP contribution is -2.54. The number of carbonyl (C=O) groups is 2. The third kappa shape index (κ3) is 4.29. The lowest BCUT2D eigenvalue weighted by atomic mass is 10.1. The van der Waals surface area contributed by atoms with E-state index in [4.69, 9.17) is 0 Å². The van der Waals surface area contributed by atoms with Crippen molar-refractivity contribution >= 4 is 11.8 Å². The van der Waals surface area contributed by atoms with Gasteiger partial charge in [0.05, 0.1) is 19.0 Å². The van der Waals surface area contributed by atoms with Crippen molar-refractivity contribution in [2.75, 3.05) is 27.2 Å². The first-order chi connectivity index (χ1) is 12.5. The molecule has 7 nitrogen and oxygen atoms in total. The minimum absolute atomic E-state index is 0.0619. The Morgan fingerprint density at radius 2 is 2.12 bits per heavy atom. The predicted octanol–water partition coefficient (Wildman–Crippen LogP) is 0.710. The first-order valence-electron chi connectivity index (χ1n) is 8.80. The van der Waals surface area contributed by atoms with E-state index in [-0.39, 0.29) is 18.2 Å². The quantitative estimate of drug-likeness (QED) is 0.829. The highest BCUT2D eigenvalue weighted by Gasteiger charge is 2.30. The predicted molar refractivity (Wildman–Crippen MR) is 98.3 cm³/mol. The summed E-state index contributed by atoms with van der Waals surface area (Å²) in [6, 6.07) is 9.73. The summed E-state index contributed by atoms with van der Waals surface area (Å²) in [7, 11) is 3.63. The Kier molecular flexibility index (Phi) is 5.68. The molecular formula is C19H25N5O2. The van der Waals surface area contributed by atoms with Gasteiger partial charge in [0.15, 0.2) is 0 Å². The molecule has 0 spiro atoms. The summed E-state index contributed by atoms with van der Waals surface area (Å²) in [6.45, 7) is 2.52. The Balaban J connectivity index is 1.61. The lowest BCUT2D eigenvalue weighted by molar-refractivity contribution is -0.137. The number of hydrogen-bond acceptors (Lipinski definition) is 4. The Hall–Kier alpha value is -2.67. The van der Waals surface area contributed by atoms with Crippen molar-refractivity contribution in [3.05, 3.63) is 54.1 Å². The number of amides is 2. The molecule has 2 amide bonds. The number of likely N-dealkylation sites (N-methyl/N-ethyl adjacent to an activating group) is 1. The average Bonchev–Trinajstić information content (AvgIpc) is 3.05. The van der Waals surface area contributed by atoms with Crippen LogP contribution in [0.1, 0.15) is 17.8 Å². The van der Waals surface area contributed by atoms with Crippen LogP contribution in [0.25, 0.3) is 0 Å². The zero-order chi connectivity index (χ0) is 18.5. The molecule has 2 heterocycles. The molecule has 3 rings (SSSR count). The highest BCUT2D eigenvalue weighted by molar-refractivity contribution is 5.88. The van der Waals surface area contributed by atoms with Crippen molar-refractivity contribution in [1.29, 1.82) is 0 Å². The molecule has 7 heteroatoms. The van der Waals surface area contributed by atoms with Crippen LogP contribution in [0.3, 0.4) is 0 Å². The molecular weight excluding hydrogens is 330 g/mol. The van der Waals surface area contributed by atoms with Crippen molar-refractivity contribution in [2.24, 2.45) is 0 Å². The molecule has 1 aliphatic rings. The van der Waals surface area contributed by atoms with E-state index >= 15 is 0 Å². The summed E-state index contributed by atoms with van der Waals surface area (Å²) in [4.78, 5) is 32.5. The maximum atomic E-state index is 12.6. The standard InChI is InChI=1S/C19H25N5O2/c1-22-10-8-21-19(26)16(22)12-18(25)23(2)14-17-20-9-11-24(17)13-15-6-4-3-5-7-15/h3-7,9,11,16H,8,10,12-14H2,1-2H3,(H,21,26). The second-order valence-electron chi connectivity index (χ2n) is 6.70. The Morgan fingerprint density at radius 1 is 1.35 bits per heavy atom. The molecule has 1 aliphatic heterocycles. The van der Waals surface area contributed by atoms with Crippen molar-refractivity contribution in [3.63, 3.8) is 0 Å². The molecule has 1 aromatic heterocycles. The van der Waals surface area contributed by atoms with E-state index in [0.717, 1.165) is 12.4 Å². The molecule has 1 unspecified atom stereocenters. The molecule has 1 aromatic carbocycles. The maximum absolute atomic E-state index is 12.6. The number of piperazine rings is 1. The molecule has 1 atom stereocenters. The smallest absolute Gasteiger partial charge is 0.237 e. The molecule has 0 bridgehead atoms. The monoisotopic (exact) mass is 355 g/mol. The largest absolute Gasteiger partial charge is 0.353 e. The normalized spacial score (nSPS) is 17.8. The summed E-state index contributed by atoms with van der Waals surface area (Å²) in [5.41, 5.74) is 1.18. The number of nitrogens with zero attached hydrogens (tertiary/aromatic N) is 4. The van der Waals surface area contributed by atoms with Gasteiger partial charge in [-0.1, -0.05) is 30.3 Å². The average molecular weight is 355 g/mol. The van der Waals surface area contributed by atoms with Gasteiger partial charge in [-0.25, -0.2) is 4.98 Å². The Morgan fingerprint density at radius 3 is 2.85 bits per heavy atom. The van der Waals surface area contributed by atoms with E-state index in [0.29, 0.717) is 19.6 Å². The Labute approximate surface area is 153 Å². The number of hydrogen-bond donors (Lipinski definition) is 1. The van der Waals surface area contributed by atoms with Crippen molar-refractivity contribution in [2.45, 2.75) is 25.6 Å². The topological polar surface area (TPSA) is 70.5 Å². The third-order valence-electron chi connectivity index (χ3n) is 4.77. The van der Waals surface area contributed by atoms with Gasteiger partial charge in [0.1, 0.15) is 5.82 Å². The second kappa shape index (κ2) is 8.14. The number of nitrogens with one attached hydrogen (secondary N) is 1. The summed E-state index contributed by atoms with van der Waals surface area (Å²) in [5.74, 6) is 0.686. The fourth-order valence-electron chi connectivity index (χ4n) is 3.12. The number of rotatable bonds is 6. The summed E-state index contributed by atoms with van der Waals surface area (Å²) < 4.78 is 2.04. The fraction of sp³-hybridized carbons (Fsp3) is 0.421. The highest BCUT2D eigenvalue weighted by atomic mass is 16.2. The maximum Gasteiger partial charge on any atom is 0.237 e. The van der Waals surface area contributed by atoms with E-state index in [1.807, 2.05) is 40.9 Å². The second-order valence-corrected chi connectivity index (χ2v) is 6.70. The number of benzene rings is 1. The van der Waals surface area contributed by atoms with E-state index in [1.54, 1.807) is 18.1 Å². The van der Waals surface area contributed by atoms with E-state index < -0.39 is 6.04 Å². The van der Waals surface area contributed by atoms with Crippen molar-refractivity contribution in [1.82, 2.24) is 24.7 Å². The van der Waals surface area contributed by atoms with Crippen LogP contribution in [0.2, 0.25) is 0 Å².